The predicted octanol–water partition coefficient (Wildman–Crippen LogP) is 2.73. The van der Waals surface area contributed by atoms with Gasteiger partial charge in [0.15, 0.2) is 0 Å². The Labute approximate surface area is 183 Å². The normalized spacial score (nSPS) is 11.1. The Morgan fingerprint density at radius 3 is 2.32 bits per heavy atom. The van der Waals surface area contributed by atoms with E-state index < -0.39 is 15.9 Å². The zero-order valence-corrected chi connectivity index (χ0v) is 19.1. The minimum atomic E-state index is -3.92. The molecule has 0 bridgehead atoms. The van der Waals surface area contributed by atoms with Crippen LogP contribution in [0.15, 0.2) is 47.4 Å². The van der Waals surface area contributed by atoms with Gasteiger partial charge in [-0.15, -0.1) is 0 Å². The van der Waals surface area contributed by atoms with Gasteiger partial charge in [0.25, 0.3) is 15.9 Å². The van der Waals surface area contributed by atoms with Gasteiger partial charge in [-0.05, 0) is 42.7 Å². The largest absolute Gasteiger partial charge is 0.385 e. The molecule has 0 saturated carbocycles. The van der Waals surface area contributed by atoms with Crippen LogP contribution in [0, 0.1) is 12.8 Å². The first-order valence-electron chi connectivity index (χ1n) is 10.1. The molecule has 31 heavy (non-hydrogen) atoms. The Bertz CT molecular complexity index is 1040. The summed E-state index contributed by atoms with van der Waals surface area (Å²) in [5, 5.41) is 8.46. The van der Waals surface area contributed by atoms with Crippen molar-refractivity contribution in [2.24, 2.45) is 5.92 Å². The summed E-state index contributed by atoms with van der Waals surface area (Å²) < 4.78 is 28.7. The number of sulfonamides is 1. The number of carbonyl (C=O) groups excluding carboxylic acids is 2. The second-order valence-electron chi connectivity index (χ2n) is 7.68. The Hall–Kier alpha value is -3.07. The molecule has 0 aliphatic heterocycles. The summed E-state index contributed by atoms with van der Waals surface area (Å²) in [6.45, 7) is 8.40. The number of anilines is 2. The molecule has 2 rings (SSSR count). The number of aryl methyl sites for hydroxylation is 1. The lowest BCUT2D eigenvalue weighted by molar-refractivity contribution is -0.118. The quantitative estimate of drug-likeness (QED) is 0.419. The molecule has 0 spiro atoms. The third-order valence-corrected chi connectivity index (χ3v) is 5.71. The number of para-hydroxylation sites is 1. The maximum absolute atomic E-state index is 13.0. The van der Waals surface area contributed by atoms with E-state index in [1.165, 1.54) is 19.1 Å². The summed E-state index contributed by atoms with van der Waals surface area (Å²) in [5.74, 6) is -0.282. The van der Waals surface area contributed by atoms with Crippen molar-refractivity contribution in [1.82, 2.24) is 10.6 Å². The van der Waals surface area contributed by atoms with Crippen molar-refractivity contribution in [3.63, 3.8) is 0 Å². The molecule has 0 unspecified atom stereocenters. The van der Waals surface area contributed by atoms with Crippen molar-refractivity contribution in [2.45, 2.75) is 32.6 Å². The lowest BCUT2D eigenvalue weighted by Gasteiger charge is -2.15. The van der Waals surface area contributed by atoms with Crippen LogP contribution in [0.4, 0.5) is 11.4 Å². The average Bonchev–Trinajstić information content (AvgIpc) is 2.70. The van der Waals surface area contributed by atoms with Gasteiger partial charge in [0.2, 0.25) is 5.91 Å². The smallest absolute Gasteiger partial charge is 0.262 e. The van der Waals surface area contributed by atoms with Crippen molar-refractivity contribution in [3.05, 3.63) is 53.6 Å². The van der Waals surface area contributed by atoms with Crippen LogP contribution in [-0.2, 0) is 14.8 Å². The summed E-state index contributed by atoms with van der Waals surface area (Å²) in [6, 6.07) is 11.5. The Kier molecular flexibility index (Phi) is 8.44. The molecule has 4 N–H and O–H groups in total. The summed E-state index contributed by atoms with van der Waals surface area (Å²) >= 11 is 0. The Morgan fingerprint density at radius 1 is 1.00 bits per heavy atom. The van der Waals surface area contributed by atoms with E-state index >= 15 is 0 Å². The molecule has 0 heterocycles. The highest BCUT2D eigenvalue weighted by Crippen LogP contribution is 2.23. The third-order valence-electron chi connectivity index (χ3n) is 4.37. The fourth-order valence-electron chi connectivity index (χ4n) is 2.72. The molecule has 0 atom stereocenters. The summed E-state index contributed by atoms with van der Waals surface area (Å²) in [5.41, 5.74) is 2.01. The molecule has 168 valence electrons. The van der Waals surface area contributed by atoms with Crippen molar-refractivity contribution in [1.29, 1.82) is 0 Å². The van der Waals surface area contributed by atoms with Crippen LogP contribution in [0.1, 0.15) is 36.7 Å². The highest BCUT2D eigenvalue weighted by Gasteiger charge is 2.19. The number of amides is 2. The van der Waals surface area contributed by atoms with Gasteiger partial charge in [0.1, 0.15) is 0 Å². The fourth-order valence-corrected chi connectivity index (χ4v) is 3.92. The highest BCUT2D eigenvalue weighted by molar-refractivity contribution is 7.92. The van der Waals surface area contributed by atoms with Gasteiger partial charge < -0.3 is 16.0 Å². The van der Waals surface area contributed by atoms with Crippen LogP contribution < -0.4 is 20.7 Å². The lowest BCUT2D eigenvalue weighted by Crippen LogP contribution is -2.33. The van der Waals surface area contributed by atoms with Gasteiger partial charge in [0, 0.05) is 37.8 Å². The number of nitrogens with one attached hydrogen (secondary N) is 4. The van der Waals surface area contributed by atoms with Crippen molar-refractivity contribution in [2.75, 3.05) is 29.7 Å². The second kappa shape index (κ2) is 10.8. The standard InChI is InChI=1S/C22H30N4O4S/c1-15(2)14-25-19-11-18(22(28)24-10-9-23-17(4)27)12-20(13-19)31(29,30)26-21-8-6-5-7-16(21)3/h5-8,11-13,15,25-26H,9-10,14H2,1-4H3,(H,23,27)(H,24,28). The van der Waals surface area contributed by atoms with E-state index in [0.717, 1.165) is 5.56 Å². The summed E-state index contributed by atoms with van der Waals surface area (Å²) in [6.07, 6.45) is 0. The first kappa shape index (κ1) is 24.2. The topological polar surface area (TPSA) is 116 Å². The van der Waals surface area contributed by atoms with Crippen LogP contribution in [0.3, 0.4) is 0 Å². The predicted molar refractivity (Wildman–Crippen MR) is 123 cm³/mol. The van der Waals surface area contributed by atoms with Crippen molar-refractivity contribution < 1.29 is 18.0 Å². The van der Waals surface area contributed by atoms with Crippen molar-refractivity contribution in [3.8, 4) is 0 Å². The van der Waals surface area contributed by atoms with Crippen LogP contribution in [0.5, 0.6) is 0 Å². The molecule has 0 radical (unpaired) electrons. The van der Waals surface area contributed by atoms with Gasteiger partial charge in [-0.25, -0.2) is 8.42 Å². The van der Waals surface area contributed by atoms with Gasteiger partial charge in [-0.2, -0.15) is 0 Å². The maximum Gasteiger partial charge on any atom is 0.262 e. The van der Waals surface area contributed by atoms with Crippen LogP contribution >= 0.6 is 0 Å². The van der Waals surface area contributed by atoms with E-state index in [-0.39, 0.29) is 29.5 Å². The van der Waals surface area contributed by atoms with Gasteiger partial charge in [-0.1, -0.05) is 32.0 Å². The molecule has 8 nitrogen and oxygen atoms in total. The Morgan fingerprint density at radius 2 is 1.68 bits per heavy atom. The molecular weight excluding hydrogens is 416 g/mol. The molecule has 2 aromatic carbocycles. The van der Waals surface area contributed by atoms with E-state index in [1.54, 1.807) is 18.2 Å². The molecule has 0 saturated heterocycles. The van der Waals surface area contributed by atoms with Crippen LogP contribution in [-0.4, -0.2) is 39.9 Å². The number of hydrogen-bond donors (Lipinski definition) is 4. The van der Waals surface area contributed by atoms with E-state index in [9.17, 15) is 18.0 Å². The van der Waals surface area contributed by atoms with Gasteiger partial charge >= 0.3 is 0 Å². The zero-order chi connectivity index (χ0) is 23.0. The summed E-state index contributed by atoms with van der Waals surface area (Å²) in [7, 11) is -3.92. The van der Waals surface area contributed by atoms with E-state index in [0.29, 0.717) is 23.8 Å². The average molecular weight is 447 g/mol. The van der Waals surface area contributed by atoms with Crippen LogP contribution in [0.25, 0.3) is 0 Å². The molecule has 2 amide bonds. The second-order valence-corrected chi connectivity index (χ2v) is 9.36. The molecule has 0 aliphatic rings. The Balaban J connectivity index is 2.31. The van der Waals surface area contributed by atoms with E-state index in [4.69, 9.17) is 0 Å². The number of rotatable bonds is 10. The number of carbonyl (C=O) groups is 2. The monoisotopic (exact) mass is 446 g/mol. The lowest BCUT2D eigenvalue weighted by atomic mass is 10.1. The number of benzene rings is 2. The van der Waals surface area contributed by atoms with E-state index in [1.807, 2.05) is 32.9 Å². The fraction of sp³-hybridized carbons (Fsp3) is 0.364. The summed E-state index contributed by atoms with van der Waals surface area (Å²) in [4.78, 5) is 23.5. The molecule has 0 fully saturated rings. The minimum absolute atomic E-state index is 0.0171. The van der Waals surface area contributed by atoms with Gasteiger partial charge in [0.05, 0.1) is 10.6 Å². The first-order valence-corrected chi connectivity index (χ1v) is 11.6. The van der Waals surface area contributed by atoms with Gasteiger partial charge in [-0.3, -0.25) is 14.3 Å². The maximum atomic E-state index is 13.0. The highest BCUT2D eigenvalue weighted by atomic mass is 32.2. The third kappa shape index (κ3) is 7.60. The molecule has 9 heteroatoms. The molecular formula is C22H30N4O4S. The van der Waals surface area contributed by atoms with Crippen LogP contribution in [0.2, 0.25) is 0 Å². The zero-order valence-electron chi connectivity index (χ0n) is 18.3. The first-order chi connectivity index (χ1) is 14.6. The molecule has 0 aromatic heterocycles. The molecule has 2 aromatic rings. The van der Waals surface area contributed by atoms with E-state index in [2.05, 4.69) is 20.7 Å². The number of hydrogen-bond acceptors (Lipinski definition) is 5. The van der Waals surface area contributed by atoms with Crippen molar-refractivity contribution >= 4 is 33.2 Å². The molecule has 0 aliphatic carbocycles. The minimum Gasteiger partial charge on any atom is -0.385 e. The SMILES string of the molecule is CC(=O)NCCNC(=O)c1cc(NCC(C)C)cc(S(=O)(=O)Nc2ccccc2C)c1.